The zero-order chi connectivity index (χ0) is 7.98. The molecule has 2 nitrogen and oxygen atoms in total. The number of nitrogens with zero attached hydrogens (tertiary/aromatic N) is 1. The molecule has 0 heterocycles. The Kier molecular flexibility index (Phi) is 4.29. The molecule has 0 saturated carbocycles. The lowest BCUT2D eigenvalue weighted by Crippen LogP contribution is -2.11. The minimum atomic E-state index is 1.15. The van der Waals surface area contributed by atoms with Crippen LogP contribution in [0.2, 0.25) is 0 Å². The molecule has 0 spiro atoms. The third kappa shape index (κ3) is 3.89. The molecule has 0 amide bonds. The van der Waals surface area contributed by atoms with E-state index in [1.165, 1.54) is 0 Å². The summed E-state index contributed by atoms with van der Waals surface area (Å²) in [4.78, 5) is 0. The van der Waals surface area contributed by atoms with Crippen molar-refractivity contribution in [3.63, 3.8) is 0 Å². The smallest absolute Gasteiger partial charge is 0.236 e. The molecule has 0 rings (SSSR count). The molecule has 0 aliphatic rings. The zero-order valence-corrected chi connectivity index (χ0v) is 6.89. The molecule has 0 bridgehead atoms. The van der Waals surface area contributed by atoms with Crippen LogP contribution in [0.15, 0.2) is 24.4 Å². The van der Waals surface area contributed by atoms with Crippen molar-refractivity contribution in [2.75, 3.05) is 14.1 Å². The summed E-state index contributed by atoms with van der Waals surface area (Å²) < 4.78 is 1.94. The van der Waals surface area contributed by atoms with Gasteiger partial charge in [0.25, 0.3) is 0 Å². The van der Waals surface area contributed by atoms with Crippen molar-refractivity contribution < 1.29 is 4.58 Å². The van der Waals surface area contributed by atoms with Crippen molar-refractivity contribution in [1.29, 1.82) is 0 Å². The first kappa shape index (κ1) is 8.95. The van der Waals surface area contributed by atoms with E-state index in [0.29, 0.717) is 0 Å². The van der Waals surface area contributed by atoms with Crippen molar-refractivity contribution in [3.05, 3.63) is 24.4 Å². The van der Waals surface area contributed by atoms with Gasteiger partial charge in [-0.2, -0.15) is 0 Å². The van der Waals surface area contributed by atoms with Crippen LogP contribution >= 0.6 is 0 Å². The van der Waals surface area contributed by atoms with Gasteiger partial charge in [0.1, 0.15) is 0 Å². The Labute approximate surface area is 62.6 Å². The van der Waals surface area contributed by atoms with E-state index in [-0.39, 0.29) is 0 Å². The van der Waals surface area contributed by atoms with Crippen molar-refractivity contribution >= 4 is 6.34 Å². The van der Waals surface area contributed by atoms with Gasteiger partial charge in [0.15, 0.2) is 0 Å². The van der Waals surface area contributed by atoms with Crippen LogP contribution in [-0.2, 0) is 0 Å². The first-order chi connectivity index (χ1) is 4.70. The van der Waals surface area contributed by atoms with E-state index in [9.17, 15) is 0 Å². The Morgan fingerprint density at radius 2 is 2.20 bits per heavy atom. The molecule has 0 aliphatic carbocycles. The highest BCUT2D eigenvalue weighted by atomic mass is 15.0. The van der Waals surface area contributed by atoms with Crippen molar-refractivity contribution in [2.24, 2.45) is 0 Å². The number of nitrogens with one attached hydrogen (secondary N) is 1. The highest BCUT2D eigenvalue weighted by molar-refractivity contribution is 5.47. The summed E-state index contributed by atoms with van der Waals surface area (Å²) in [7, 11) is 3.83. The molecule has 10 heavy (non-hydrogen) atoms. The summed E-state index contributed by atoms with van der Waals surface area (Å²) in [5, 5.41) is 2.92. The number of allylic oxidation sites excluding steroid dienone is 2. The molecule has 0 fully saturated rings. The summed E-state index contributed by atoms with van der Waals surface area (Å²) in [5.41, 5.74) is 1.15. The van der Waals surface area contributed by atoms with Gasteiger partial charge in [0, 0.05) is 0 Å². The number of hydrogen-bond acceptors (Lipinski definition) is 0. The van der Waals surface area contributed by atoms with Crippen LogP contribution in [0.5, 0.6) is 0 Å². The first-order valence-corrected chi connectivity index (χ1v) is 3.24. The van der Waals surface area contributed by atoms with Crippen LogP contribution < -0.4 is 5.32 Å². The summed E-state index contributed by atoms with van der Waals surface area (Å²) in [6.07, 6.45) is 5.68. The van der Waals surface area contributed by atoms with E-state index in [1.54, 1.807) is 0 Å². The van der Waals surface area contributed by atoms with Gasteiger partial charge < -0.3 is 0 Å². The fraction of sp³-hybridized carbons (Fsp3) is 0.375. The quantitative estimate of drug-likeness (QED) is 0.266. The first-order valence-electron chi connectivity index (χ1n) is 3.24. The third-order valence-corrected chi connectivity index (χ3v) is 1.06. The van der Waals surface area contributed by atoms with Crippen molar-refractivity contribution in [1.82, 2.24) is 5.32 Å². The van der Waals surface area contributed by atoms with Crippen LogP contribution in [-0.4, -0.2) is 25.0 Å². The fourth-order valence-corrected chi connectivity index (χ4v) is 0.615. The molecule has 0 aromatic rings. The molecule has 0 aromatic carbocycles. The van der Waals surface area contributed by atoms with Gasteiger partial charge in [-0.05, 0) is 12.5 Å². The topological polar surface area (TPSA) is 15.0 Å². The largest absolute Gasteiger partial charge is 0.283 e. The molecule has 0 aliphatic heterocycles. The summed E-state index contributed by atoms with van der Waals surface area (Å²) in [5.74, 6) is 0. The van der Waals surface area contributed by atoms with Crippen LogP contribution in [0.3, 0.4) is 0 Å². The van der Waals surface area contributed by atoms with Gasteiger partial charge in [0.05, 0.1) is 20.3 Å². The van der Waals surface area contributed by atoms with Crippen LogP contribution in [0.25, 0.3) is 0 Å². The second-order valence-electron chi connectivity index (χ2n) is 2.16. The van der Waals surface area contributed by atoms with Gasteiger partial charge in [-0.15, -0.1) is 0 Å². The van der Waals surface area contributed by atoms with Crippen LogP contribution in [0.4, 0.5) is 0 Å². The van der Waals surface area contributed by atoms with E-state index >= 15 is 0 Å². The van der Waals surface area contributed by atoms with Crippen molar-refractivity contribution in [2.45, 2.75) is 6.92 Å². The maximum absolute atomic E-state index is 3.64. The fourth-order valence-electron chi connectivity index (χ4n) is 0.615. The average Bonchev–Trinajstić information content (AvgIpc) is 1.88. The lowest BCUT2D eigenvalue weighted by Gasteiger charge is -1.91. The molecule has 0 aromatic heterocycles. The monoisotopic (exact) mass is 139 g/mol. The average molecular weight is 139 g/mol. The minimum Gasteiger partial charge on any atom is -0.283 e. The molecular weight excluding hydrogens is 124 g/mol. The second kappa shape index (κ2) is 4.79. The van der Waals surface area contributed by atoms with E-state index in [0.717, 1.165) is 5.57 Å². The third-order valence-electron chi connectivity index (χ3n) is 1.06. The molecular formula is C8H15N2+. The molecule has 56 valence electrons. The lowest BCUT2D eigenvalue weighted by atomic mass is 10.3. The number of hydrogen-bond donors (Lipinski definition) is 1. The Balaban J connectivity index is 4.11. The molecule has 0 saturated heterocycles. The highest BCUT2D eigenvalue weighted by Gasteiger charge is 1.84. The van der Waals surface area contributed by atoms with Crippen LogP contribution in [0.1, 0.15) is 6.92 Å². The maximum atomic E-state index is 3.64. The SMILES string of the molecule is C=C/C(C)=C\[N+](C)=C/NC. The van der Waals surface area contributed by atoms with Crippen molar-refractivity contribution in [3.8, 4) is 0 Å². The molecule has 0 atom stereocenters. The number of rotatable bonds is 3. The minimum absolute atomic E-state index is 1.15. The second-order valence-corrected chi connectivity index (χ2v) is 2.16. The predicted molar refractivity (Wildman–Crippen MR) is 45.3 cm³/mol. The van der Waals surface area contributed by atoms with Gasteiger partial charge in [-0.3, -0.25) is 5.32 Å². The molecule has 2 heteroatoms. The highest BCUT2D eigenvalue weighted by Crippen LogP contribution is 1.90. The standard InChI is InChI=1S/C8H14N2/c1-5-8(2)6-10(4)7-9-3/h5-7H,1H2,2-4H3/p+1/b8-6-. The Hall–Kier alpha value is -1.05. The normalized spacial score (nSPS) is 13.1. The van der Waals surface area contributed by atoms with Crippen LogP contribution in [0, 0.1) is 0 Å². The van der Waals surface area contributed by atoms with Gasteiger partial charge in [0.2, 0.25) is 6.34 Å². The Morgan fingerprint density at radius 1 is 1.60 bits per heavy atom. The summed E-state index contributed by atoms with van der Waals surface area (Å²) in [6.45, 7) is 5.65. The summed E-state index contributed by atoms with van der Waals surface area (Å²) in [6, 6.07) is 0. The molecule has 0 unspecified atom stereocenters. The van der Waals surface area contributed by atoms with E-state index < -0.39 is 0 Å². The zero-order valence-electron chi connectivity index (χ0n) is 6.89. The van der Waals surface area contributed by atoms with Gasteiger partial charge in [-0.1, -0.05) is 12.7 Å². The Morgan fingerprint density at radius 3 is 2.60 bits per heavy atom. The maximum Gasteiger partial charge on any atom is 0.236 e. The van der Waals surface area contributed by atoms with E-state index in [2.05, 4.69) is 11.9 Å². The van der Waals surface area contributed by atoms with Gasteiger partial charge in [-0.25, -0.2) is 4.58 Å². The van der Waals surface area contributed by atoms with E-state index in [1.807, 2.05) is 44.2 Å². The summed E-state index contributed by atoms with van der Waals surface area (Å²) >= 11 is 0. The van der Waals surface area contributed by atoms with E-state index in [4.69, 9.17) is 0 Å². The lowest BCUT2D eigenvalue weighted by molar-refractivity contribution is -0.419. The molecule has 0 radical (unpaired) electrons. The predicted octanol–water partition coefficient (Wildman–Crippen LogP) is 0.966. The van der Waals surface area contributed by atoms with Gasteiger partial charge >= 0.3 is 0 Å². The molecule has 1 N–H and O–H groups in total. The Bertz CT molecular complexity index is 166.